The first-order chi connectivity index (χ1) is 12.3. The molecule has 1 aliphatic heterocycles. The Labute approximate surface area is 149 Å². The molecule has 0 amide bonds. The highest BCUT2D eigenvalue weighted by molar-refractivity contribution is 5.89. The summed E-state index contributed by atoms with van der Waals surface area (Å²) in [5.41, 5.74) is 7.10. The Bertz CT molecular complexity index is 942. The van der Waals surface area contributed by atoms with Crippen LogP contribution in [0.15, 0.2) is 91.0 Å². The summed E-state index contributed by atoms with van der Waals surface area (Å²) in [6, 6.07) is 30.9. The highest BCUT2D eigenvalue weighted by Crippen LogP contribution is 2.57. The van der Waals surface area contributed by atoms with Gasteiger partial charge in [-0.15, -0.1) is 0 Å². The molecular weight excluding hydrogens is 302 g/mol. The van der Waals surface area contributed by atoms with Crippen molar-refractivity contribution in [2.45, 2.75) is 24.9 Å². The largest absolute Gasteiger partial charge is 0.359 e. The van der Waals surface area contributed by atoms with Crippen LogP contribution in [0.1, 0.15) is 23.6 Å². The molecule has 0 saturated heterocycles. The van der Waals surface area contributed by atoms with Crippen LogP contribution in [0, 0.1) is 0 Å². The van der Waals surface area contributed by atoms with Crippen LogP contribution in [0.25, 0.3) is 5.57 Å². The lowest BCUT2D eigenvalue weighted by atomic mass is 9.64. The lowest BCUT2D eigenvalue weighted by Crippen LogP contribution is -2.49. The minimum Gasteiger partial charge on any atom is -0.359 e. The minimum absolute atomic E-state index is 0.108. The molecule has 3 aromatic rings. The Kier molecular flexibility index (Phi) is 3.11. The summed E-state index contributed by atoms with van der Waals surface area (Å²) < 4.78 is 0. The van der Waals surface area contributed by atoms with Crippen LogP contribution in [0.2, 0.25) is 0 Å². The van der Waals surface area contributed by atoms with Crippen LogP contribution in [0.5, 0.6) is 0 Å². The second-order valence-corrected chi connectivity index (χ2v) is 7.28. The van der Waals surface area contributed by atoms with Gasteiger partial charge in [0, 0.05) is 17.6 Å². The van der Waals surface area contributed by atoms with Gasteiger partial charge in [0.15, 0.2) is 0 Å². The molecule has 1 nitrogen and oxygen atoms in total. The van der Waals surface area contributed by atoms with Crippen LogP contribution in [0.4, 0.5) is 5.69 Å². The van der Waals surface area contributed by atoms with E-state index in [1.54, 1.807) is 0 Å². The standard InChI is InChI=1S/C24H21N/c1-24-16-20(19-12-6-3-7-13-19)23(24)25(17-18-10-4-2-5-11-18)22-15-9-8-14-21(22)24/h2-16,23H,17H2,1H3. The average molecular weight is 323 g/mol. The van der Waals surface area contributed by atoms with E-state index in [4.69, 9.17) is 0 Å². The fraction of sp³-hybridized carbons (Fsp3) is 0.167. The molecule has 1 heterocycles. The zero-order valence-electron chi connectivity index (χ0n) is 14.4. The molecule has 3 aromatic carbocycles. The molecule has 2 atom stereocenters. The second kappa shape index (κ2) is 5.35. The molecular formula is C24H21N. The molecule has 1 aliphatic carbocycles. The molecule has 0 aromatic heterocycles. The van der Waals surface area contributed by atoms with E-state index in [1.165, 1.54) is 28.0 Å². The number of rotatable bonds is 3. The summed E-state index contributed by atoms with van der Waals surface area (Å²) in [4.78, 5) is 2.59. The van der Waals surface area contributed by atoms with E-state index in [-0.39, 0.29) is 5.41 Å². The predicted octanol–water partition coefficient (Wildman–Crippen LogP) is 5.43. The number of benzene rings is 3. The summed E-state index contributed by atoms with van der Waals surface area (Å²) in [6.45, 7) is 3.33. The van der Waals surface area contributed by atoms with E-state index >= 15 is 0 Å². The van der Waals surface area contributed by atoms with Crippen molar-refractivity contribution in [3.05, 3.63) is 108 Å². The summed E-state index contributed by atoms with van der Waals surface area (Å²) >= 11 is 0. The van der Waals surface area contributed by atoms with Gasteiger partial charge in [-0.05, 0) is 35.3 Å². The SMILES string of the molecule is CC12C=C(c3ccccc3)C1N(Cc1ccccc1)c1ccccc12. The first kappa shape index (κ1) is 14.5. The van der Waals surface area contributed by atoms with E-state index in [1.807, 2.05) is 0 Å². The molecule has 1 heteroatoms. The Balaban J connectivity index is 1.61. The van der Waals surface area contributed by atoms with Crippen molar-refractivity contribution in [3.8, 4) is 0 Å². The third-order valence-corrected chi connectivity index (χ3v) is 5.73. The third kappa shape index (κ3) is 2.09. The predicted molar refractivity (Wildman–Crippen MR) is 105 cm³/mol. The number of hydrogen-bond donors (Lipinski definition) is 0. The summed E-state index contributed by atoms with van der Waals surface area (Å²) in [5, 5.41) is 0. The average Bonchev–Trinajstić information content (AvgIpc) is 2.83. The molecule has 2 aliphatic rings. The van der Waals surface area contributed by atoms with E-state index in [0.717, 1.165) is 6.54 Å². The lowest BCUT2D eigenvalue weighted by molar-refractivity contribution is 0.496. The van der Waals surface area contributed by atoms with Crippen molar-refractivity contribution in [1.29, 1.82) is 0 Å². The minimum atomic E-state index is 0.108. The van der Waals surface area contributed by atoms with Crippen LogP contribution in [0.3, 0.4) is 0 Å². The van der Waals surface area contributed by atoms with Gasteiger partial charge in [0.25, 0.3) is 0 Å². The quantitative estimate of drug-likeness (QED) is 0.621. The molecule has 122 valence electrons. The number of anilines is 1. The molecule has 0 spiro atoms. The van der Waals surface area contributed by atoms with Gasteiger partial charge in [0.1, 0.15) is 0 Å². The molecule has 0 bridgehead atoms. The van der Waals surface area contributed by atoms with Gasteiger partial charge >= 0.3 is 0 Å². The number of hydrogen-bond acceptors (Lipinski definition) is 1. The fourth-order valence-corrected chi connectivity index (χ4v) is 4.57. The fourth-order valence-electron chi connectivity index (χ4n) is 4.57. The Morgan fingerprint density at radius 2 is 1.44 bits per heavy atom. The van der Waals surface area contributed by atoms with E-state index in [2.05, 4.69) is 103 Å². The summed E-state index contributed by atoms with van der Waals surface area (Å²) in [6.07, 6.45) is 2.47. The summed E-state index contributed by atoms with van der Waals surface area (Å²) in [7, 11) is 0. The first-order valence-corrected chi connectivity index (χ1v) is 8.96. The van der Waals surface area contributed by atoms with Crippen molar-refractivity contribution in [2.75, 3.05) is 4.90 Å². The number of nitrogens with zero attached hydrogens (tertiary/aromatic N) is 1. The second-order valence-electron chi connectivity index (χ2n) is 7.28. The zero-order valence-corrected chi connectivity index (χ0v) is 14.4. The van der Waals surface area contributed by atoms with Crippen molar-refractivity contribution in [3.63, 3.8) is 0 Å². The molecule has 25 heavy (non-hydrogen) atoms. The highest BCUT2D eigenvalue weighted by Gasteiger charge is 2.54. The monoisotopic (exact) mass is 323 g/mol. The lowest BCUT2D eigenvalue weighted by Gasteiger charge is -2.45. The maximum Gasteiger partial charge on any atom is 0.0679 e. The van der Waals surface area contributed by atoms with Gasteiger partial charge in [-0.2, -0.15) is 0 Å². The first-order valence-electron chi connectivity index (χ1n) is 8.96. The number of fused-ring (bicyclic) bond motifs is 3. The van der Waals surface area contributed by atoms with Crippen molar-refractivity contribution >= 4 is 11.3 Å². The summed E-state index contributed by atoms with van der Waals surface area (Å²) in [5.74, 6) is 0. The van der Waals surface area contributed by atoms with Gasteiger partial charge in [0.05, 0.1) is 6.04 Å². The Morgan fingerprint density at radius 3 is 2.20 bits per heavy atom. The Hall–Kier alpha value is -2.80. The van der Waals surface area contributed by atoms with Crippen molar-refractivity contribution < 1.29 is 0 Å². The van der Waals surface area contributed by atoms with Gasteiger partial charge in [-0.25, -0.2) is 0 Å². The topological polar surface area (TPSA) is 3.24 Å². The van der Waals surface area contributed by atoms with Crippen LogP contribution in [-0.2, 0) is 12.0 Å². The van der Waals surface area contributed by atoms with Crippen LogP contribution >= 0.6 is 0 Å². The normalized spacial score (nSPS) is 23.5. The van der Waals surface area contributed by atoms with E-state index < -0.39 is 0 Å². The van der Waals surface area contributed by atoms with E-state index in [9.17, 15) is 0 Å². The zero-order chi connectivity index (χ0) is 16.9. The molecule has 0 fully saturated rings. The van der Waals surface area contributed by atoms with Gasteiger partial charge in [0.2, 0.25) is 0 Å². The molecule has 0 N–H and O–H groups in total. The van der Waals surface area contributed by atoms with E-state index in [0.29, 0.717) is 6.04 Å². The van der Waals surface area contributed by atoms with Gasteiger partial charge < -0.3 is 4.90 Å². The van der Waals surface area contributed by atoms with Crippen molar-refractivity contribution in [1.82, 2.24) is 0 Å². The Morgan fingerprint density at radius 1 is 0.800 bits per heavy atom. The molecule has 0 radical (unpaired) electrons. The maximum atomic E-state index is 2.59. The molecule has 5 rings (SSSR count). The highest BCUT2D eigenvalue weighted by atomic mass is 15.2. The third-order valence-electron chi connectivity index (χ3n) is 5.73. The van der Waals surface area contributed by atoms with Crippen LogP contribution < -0.4 is 4.90 Å². The number of para-hydroxylation sites is 1. The van der Waals surface area contributed by atoms with Crippen molar-refractivity contribution in [2.24, 2.45) is 0 Å². The molecule has 2 unspecified atom stereocenters. The molecule has 0 saturated carbocycles. The van der Waals surface area contributed by atoms with Crippen LogP contribution in [-0.4, -0.2) is 6.04 Å². The van der Waals surface area contributed by atoms with Gasteiger partial charge in [-0.3, -0.25) is 0 Å². The maximum absolute atomic E-state index is 2.59. The van der Waals surface area contributed by atoms with Gasteiger partial charge in [-0.1, -0.05) is 84.9 Å². The smallest absolute Gasteiger partial charge is 0.0679 e.